The van der Waals surface area contributed by atoms with E-state index in [0.29, 0.717) is 23.8 Å². The molecule has 0 amide bonds. The fourth-order valence-electron chi connectivity index (χ4n) is 2.31. The second kappa shape index (κ2) is 6.91. The van der Waals surface area contributed by atoms with E-state index in [4.69, 9.17) is 9.84 Å². The number of nitrogens with zero attached hydrogens (tertiary/aromatic N) is 2. The van der Waals surface area contributed by atoms with Crippen LogP contribution in [0.5, 0.6) is 5.75 Å². The molecule has 0 aliphatic heterocycles. The molecule has 6 heteroatoms. The van der Waals surface area contributed by atoms with Crippen LogP contribution in [0.3, 0.4) is 0 Å². The number of benzene rings is 2. The number of hydrogen-bond acceptors (Lipinski definition) is 5. The van der Waals surface area contributed by atoms with E-state index in [2.05, 4.69) is 11.1 Å². The van der Waals surface area contributed by atoms with Crippen LogP contribution in [0.25, 0.3) is 20.8 Å². The molecule has 25 heavy (non-hydrogen) atoms. The van der Waals surface area contributed by atoms with Gasteiger partial charge in [-0.3, -0.25) is 0 Å². The van der Waals surface area contributed by atoms with Gasteiger partial charge in [0.1, 0.15) is 16.8 Å². The van der Waals surface area contributed by atoms with Crippen molar-refractivity contribution in [2.24, 2.45) is 5.92 Å². The van der Waals surface area contributed by atoms with Crippen molar-refractivity contribution in [2.75, 3.05) is 6.61 Å². The Bertz CT molecular complexity index is 986. The van der Waals surface area contributed by atoms with Gasteiger partial charge in [-0.25, -0.2) is 9.78 Å². The Morgan fingerprint density at radius 1 is 1.32 bits per heavy atom. The molecule has 0 radical (unpaired) electrons. The summed E-state index contributed by atoms with van der Waals surface area (Å²) in [6.07, 6.45) is 0. The normalized spacial score (nSPS) is 10.8. The highest BCUT2D eigenvalue weighted by Crippen LogP contribution is 2.33. The van der Waals surface area contributed by atoms with Crippen LogP contribution in [-0.4, -0.2) is 22.7 Å². The molecule has 1 N–H and O–H groups in total. The number of rotatable bonds is 5. The van der Waals surface area contributed by atoms with E-state index in [1.807, 2.05) is 19.9 Å². The van der Waals surface area contributed by atoms with Gasteiger partial charge in [-0.2, -0.15) is 5.26 Å². The fraction of sp³-hybridized carbons (Fsp3) is 0.211. The van der Waals surface area contributed by atoms with Crippen molar-refractivity contribution < 1.29 is 14.6 Å². The molecule has 3 aromatic rings. The van der Waals surface area contributed by atoms with Gasteiger partial charge in [-0.05, 0) is 42.3 Å². The number of carboxylic acids is 1. The topological polar surface area (TPSA) is 83.2 Å². The zero-order chi connectivity index (χ0) is 18.0. The predicted octanol–water partition coefficient (Wildman–Crippen LogP) is 4.57. The third-order valence-corrected chi connectivity index (χ3v) is 4.62. The van der Waals surface area contributed by atoms with Crippen LogP contribution in [0, 0.1) is 17.2 Å². The van der Waals surface area contributed by atoms with Gasteiger partial charge in [0.25, 0.3) is 0 Å². The number of carbonyl (C=O) groups is 1. The molecular weight excluding hydrogens is 336 g/mol. The van der Waals surface area contributed by atoms with Gasteiger partial charge in [-0.1, -0.05) is 13.8 Å². The summed E-state index contributed by atoms with van der Waals surface area (Å²) in [5, 5.41) is 19.2. The lowest BCUT2D eigenvalue weighted by Gasteiger charge is -2.10. The Morgan fingerprint density at radius 3 is 2.80 bits per heavy atom. The Balaban J connectivity index is 1.97. The summed E-state index contributed by atoms with van der Waals surface area (Å²) in [7, 11) is 0. The summed E-state index contributed by atoms with van der Waals surface area (Å²) < 4.78 is 6.48. The van der Waals surface area contributed by atoms with E-state index >= 15 is 0 Å². The lowest BCUT2D eigenvalue weighted by Crippen LogP contribution is -2.05. The molecule has 0 spiro atoms. The van der Waals surface area contributed by atoms with Crippen LogP contribution < -0.4 is 4.74 Å². The van der Waals surface area contributed by atoms with Crippen LogP contribution in [-0.2, 0) is 0 Å². The summed E-state index contributed by atoms with van der Waals surface area (Å²) in [5.74, 6) is -0.0246. The van der Waals surface area contributed by atoms with Crippen LogP contribution in [0.15, 0.2) is 36.4 Å². The van der Waals surface area contributed by atoms with E-state index < -0.39 is 5.97 Å². The molecule has 0 bridgehead atoms. The highest BCUT2D eigenvalue weighted by atomic mass is 32.1. The average molecular weight is 352 g/mol. The van der Waals surface area contributed by atoms with E-state index in [0.717, 1.165) is 20.8 Å². The lowest BCUT2D eigenvalue weighted by molar-refractivity contribution is 0.0697. The minimum Gasteiger partial charge on any atom is -0.492 e. The zero-order valence-electron chi connectivity index (χ0n) is 13.8. The van der Waals surface area contributed by atoms with E-state index in [9.17, 15) is 10.1 Å². The number of ether oxygens (including phenoxy) is 1. The average Bonchev–Trinajstić information content (AvgIpc) is 3.02. The van der Waals surface area contributed by atoms with Crippen LogP contribution in [0.4, 0.5) is 0 Å². The SMILES string of the molecule is CC(C)COc1ccc(-c2nc3ccc(C(=O)O)cc3s2)cc1C#N. The van der Waals surface area contributed by atoms with Crippen LogP contribution in [0.2, 0.25) is 0 Å². The molecule has 0 atom stereocenters. The Hall–Kier alpha value is -2.91. The maximum Gasteiger partial charge on any atom is 0.335 e. The third kappa shape index (κ3) is 3.62. The predicted molar refractivity (Wildman–Crippen MR) is 97.1 cm³/mol. The number of hydrogen-bond donors (Lipinski definition) is 1. The van der Waals surface area contributed by atoms with Crippen molar-refractivity contribution in [2.45, 2.75) is 13.8 Å². The molecule has 0 saturated heterocycles. The molecule has 126 valence electrons. The smallest absolute Gasteiger partial charge is 0.335 e. The summed E-state index contributed by atoms with van der Waals surface area (Å²) in [5.41, 5.74) is 2.25. The van der Waals surface area contributed by atoms with Crippen LogP contribution >= 0.6 is 11.3 Å². The van der Waals surface area contributed by atoms with Crippen molar-refractivity contribution in [3.63, 3.8) is 0 Å². The molecule has 5 nitrogen and oxygen atoms in total. The molecule has 0 aliphatic rings. The fourth-order valence-corrected chi connectivity index (χ4v) is 3.32. The van der Waals surface area contributed by atoms with Crippen molar-refractivity contribution in [3.8, 4) is 22.4 Å². The van der Waals surface area contributed by atoms with Crippen LogP contribution in [0.1, 0.15) is 29.8 Å². The second-order valence-electron chi connectivity index (χ2n) is 6.03. The summed E-state index contributed by atoms with van der Waals surface area (Å²) >= 11 is 1.40. The second-order valence-corrected chi connectivity index (χ2v) is 7.06. The van der Waals surface area contributed by atoms with E-state index in [1.165, 1.54) is 17.4 Å². The molecule has 1 aromatic heterocycles. The van der Waals surface area contributed by atoms with Crippen molar-refractivity contribution in [3.05, 3.63) is 47.5 Å². The number of aromatic nitrogens is 1. The van der Waals surface area contributed by atoms with Gasteiger partial charge >= 0.3 is 5.97 Å². The Labute approximate surface area is 149 Å². The first-order valence-corrected chi connectivity index (χ1v) is 8.61. The number of nitriles is 1. The zero-order valence-corrected chi connectivity index (χ0v) is 14.6. The number of carboxylic acid groups (broad SMARTS) is 1. The number of fused-ring (bicyclic) bond motifs is 1. The molecule has 0 aliphatic carbocycles. The van der Waals surface area contributed by atoms with Gasteiger partial charge in [0, 0.05) is 5.56 Å². The molecule has 3 rings (SSSR count). The van der Waals surface area contributed by atoms with Gasteiger partial charge in [-0.15, -0.1) is 11.3 Å². The maximum atomic E-state index is 11.1. The monoisotopic (exact) mass is 352 g/mol. The largest absolute Gasteiger partial charge is 0.492 e. The first-order chi connectivity index (χ1) is 12.0. The number of aromatic carboxylic acids is 1. The first kappa shape index (κ1) is 16.9. The van der Waals surface area contributed by atoms with Gasteiger partial charge in [0.05, 0.1) is 28.0 Å². The molecule has 0 saturated carbocycles. The highest BCUT2D eigenvalue weighted by Gasteiger charge is 2.12. The van der Waals surface area contributed by atoms with Gasteiger partial charge in [0.2, 0.25) is 0 Å². The van der Waals surface area contributed by atoms with Gasteiger partial charge in [0.15, 0.2) is 0 Å². The minimum atomic E-state index is -0.963. The molecule has 0 unspecified atom stereocenters. The first-order valence-electron chi connectivity index (χ1n) is 7.79. The minimum absolute atomic E-state index is 0.234. The standard InChI is InChI=1S/C19H16N2O3S/c1-11(2)10-24-16-6-4-12(7-14(16)9-20)18-21-15-5-3-13(19(22)23)8-17(15)25-18/h3-8,11H,10H2,1-2H3,(H,22,23). The molecule has 2 aromatic carbocycles. The van der Waals surface area contributed by atoms with Gasteiger partial charge < -0.3 is 9.84 Å². The molecular formula is C19H16N2O3S. The number of thiazole rings is 1. The lowest BCUT2D eigenvalue weighted by atomic mass is 10.1. The van der Waals surface area contributed by atoms with Crippen molar-refractivity contribution >= 4 is 27.5 Å². The Morgan fingerprint density at radius 2 is 2.12 bits per heavy atom. The van der Waals surface area contributed by atoms with Crippen molar-refractivity contribution in [1.29, 1.82) is 5.26 Å². The molecule has 0 fully saturated rings. The summed E-state index contributed by atoms with van der Waals surface area (Å²) in [6.45, 7) is 4.65. The Kier molecular flexibility index (Phi) is 4.68. The quantitative estimate of drug-likeness (QED) is 0.727. The van der Waals surface area contributed by atoms with E-state index in [-0.39, 0.29) is 5.56 Å². The highest BCUT2D eigenvalue weighted by molar-refractivity contribution is 7.21. The molecule has 1 heterocycles. The summed E-state index contributed by atoms with van der Waals surface area (Å²) in [6, 6.07) is 12.4. The maximum absolute atomic E-state index is 11.1. The summed E-state index contributed by atoms with van der Waals surface area (Å²) in [4.78, 5) is 15.6. The van der Waals surface area contributed by atoms with Crippen molar-refractivity contribution in [1.82, 2.24) is 4.98 Å². The third-order valence-electron chi connectivity index (χ3n) is 3.55. The van der Waals surface area contributed by atoms with E-state index in [1.54, 1.807) is 24.3 Å².